The van der Waals surface area contributed by atoms with Gasteiger partial charge in [0.15, 0.2) is 0 Å². The highest BCUT2D eigenvalue weighted by atomic mass is 16.3. The Morgan fingerprint density at radius 3 is 2.48 bits per heavy atom. The van der Waals surface area contributed by atoms with Gasteiger partial charge in [0.05, 0.1) is 0 Å². The van der Waals surface area contributed by atoms with Crippen LogP contribution in [0.4, 0.5) is 0 Å². The van der Waals surface area contributed by atoms with Crippen LogP contribution in [0, 0.1) is 13.8 Å². The smallest absolute Gasteiger partial charge is 0.290 e. The van der Waals surface area contributed by atoms with E-state index in [0.29, 0.717) is 0 Å². The number of hydrogen-bond donors (Lipinski definition) is 1. The molecule has 3 rings (SSSR count). The van der Waals surface area contributed by atoms with E-state index < -0.39 is 0 Å². The van der Waals surface area contributed by atoms with E-state index in [4.69, 9.17) is 9.90 Å². The minimum atomic E-state index is -0.250. The van der Waals surface area contributed by atoms with Crippen LogP contribution in [0.2, 0.25) is 0 Å². The molecule has 4 heteroatoms. The van der Waals surface area contributed by atoms with Gasteiger partial charge in [-0.05, 0) is 74.7 Å². The average Bonchev–Trinajstić information content (AvgIpc) is 3.00. The van der Waals surface area contributed by atoms with Gasteiger partial charge in [-0.1, -0.05) is 17.7 Å². The molecule has 2 aromatic rings. The van der Waals surface area contributed by atoms with Crippen LogP contribution >= 0.6 is 0 Å². The number of carboxylic acid groups (broad SMARTS) is 1. The zero-order chi connectivity index (χ0) is 16.7. The number of carbonyl (C=O) groups is 1. The highest BCUT2D eigenvalue weighted by molar-refractivity contribution is 5.65. The Morgan fingerprint density at radius 2 is 1.83 bits per heavy atom. The predicted octanol–water partition coefficient (Wildman–Crippen LogP) is 3.66. The van der Waals surface area contributed by atoms with Crippen molar-refractivity contribution >= 4 is 6.47 Å². The number of likely N-dealkylation sites (tertiary alicyclic amines) is 1. The van der Waals surface area contributed by atoms with E-state index in [1.807, 2.05) is 13.1 Å². The van der Waals surface area contributed by atoms with Crippen LogP contribution in [0.3, 0.4) is 0 Å². The molecule has 0 spiro atoms. The highest BCUT2D eigenvalue weighted by Gasteiger charge is 2.12. The quantitative estimate of drug-likeness (QED) is 0.879. The van der Waals surface area contributed by atoms with Crippen LogP contribution < -0.4 is 0 Å². The summed E-state index contributed by atoms with van der Waals surface area (Å²) < 4.78 is 0. The first kappa shape index (κ1) is 17.2. The van der Waals surface area contributed by atoms with Crippen molar-refractivity contribution in [1.82, 2.24) is 9.88 Å². The number of nitrogens with zero attached hydrogens (tertiary/aromatic N) is 2. The minimum absolute atomic E-state index is 0.250. The molecule has 4 nitrogen and oxygen atoms in total. The molecule has 2 heterocycles. The molecule has 0 atom stereocenters. The summed E-state index contributed by atoms with van der Waals surface area (Å²) in [5.41, 5.74) is 6.42. The summed E-state index contributed by atoms with van der Waals surface area (Å²) in [4.78, 5) is 15.2. The van der Waals surface area contributed by atoms with Crippen molar-refractivity contribution < 1.29 is 9.90 Å². The molecule has 122 valence electrons. The fraction of sp³-hybridized carbons (Fsp3) is 0.368. The molecule has 0 saturated carbocycles. The monoisotopic (exact) mass is 312 g/mol. The third kappa shape index (κ3) is 5.18. The van der Waals surface area contributed by atoms with E-state index in [1.54, 1.807) is 0 Å². The van der Waals surface area contributed by atoms with Gasteiger partial charge in [0, 0.05) is 18.4 Å². The number of pyridine rings is 1. The summed E-state index contributed by atoms with van der Waals surface area (Å²) in [6, 6.07) is 11.2. The van der Waals surface area contributed by atoms with Gasteiger partial charge < -0.3 is 5.11 Å². The number of aromatic nitrogens is 1. The Morgan fingerprint density at radius 1 is 1.13 bits per heavy atom. The fourth-order valence-corrected chi connectivity index (χ4v) is 3.04. The molecular formula is C19H24N2O2. The first-order valence-electron chi connectivity index (χ1n) is 7.96. The summed E-state index contributed by atoms with van der Waals surface area (Å²) in [5, 5.41) is 6.89. The Bertz CT molecular complexity index is 650. The summed E-state index contributed by atoms with van der Waals surface area (Å²) in [5.74, 6) is 0. The van der Waals surface area contributed by atoms with Crippen molar-refractivity contribution in [2.45, 2.75) is 33.2 Å². The second-order valence-electron chi connectivity index (χ2n) is 5.98. The van der Waals surface area contributed by atoms with E-state index in [2.05, 4.69) is 47.1 Å². The summed E-state index contributed by atoms with van der Waals surface area (Å²) >= 11 is 0. The van der Waals surface area contributed by atoms with Crippen LogP contribution in [-0.2, 0) is 11.3 Å². The maximum atomic E-state index is 8.36. The lowest BCUT2D eigenvalue weighted by atomic mass is 10.0. The van der Waals surface area contributed by atoms with Crippen LogP contribution in [0.1, 0.15) is 29.7 Å². The lowest BCUT2D eigenvalue weighted by Crippen LogP contribution is -2.18. The Hall–Kier alpha value is -2.20. The van der Waals surface area contributed by atoms with Crippen LogP contribution in [0.25, 0.3) is 11.1 Å². The normalized spacial score (nSPS) is 14.2. The van der Waals surface area contributed by atoms with Gasteiger partial charge in [0.2, 0.25) is 0 Å². The van der Waals surface area contributed by atoms with Crippen molar-refractivity contribution in [3.05, 3.63) is 53.3 Å². The lowest BCUT2D eigenvalue weighted by molar-refractivity contribution is -0.122. The Kier molecular flexibility index (Phi) is 6.29. The van der Waals surface area contributed by atoms with Crippen LogP contribution in [0.15, 0.2) is 36.5 Å². The largest absolute Gasteiger partial charge is 0.483 e. The van der Waals surface area contributed by atoms with Gasteiger partial charge in [0.1, 0.15) is 0 Å². The van der Waals surface area contributed by atoms with E-state index in [9.17, 15) is 0 Å². The van der Waals surface area contributed by atoms with E-state index >= 15 is 0 Å². The average molecular weight is 312 g/mol. The van der Waals surface area contributed by atoms with E-state index in [1.165, 1.54) is 48.2 Å². The molecule has 0 bridgehead atoms. The van der Waals surface area contributed by atoms with Gasteiger partial charge in [-0.3, -0.25) is 14.7 Å². The van der Waals surface area contributed by atoms with Crippen molar-refractivity contribution in [2.24, 2.45) is 0 Å². The van der Waals surface area contributed by atoms with Gasteiger partial charge in [-0.25, -0.2) is 0 Å². The maximum absolute atomic E-state index is 8.36. The van der Waals surface area contributed by atoms with Crippen molar-refractivity contribution in [3.63, 3.8) is 0 Å². The Balaban J connectivity index is 0.000000595. The first-order chi connectivity index (χ1) is 11.1. The summed E-state index contributed by atoms with van der Waals surface area (Å²) in [7, 11) is 0. The van der Waals surface area contributed by atoms with Crippen LogP contribution in [0.5, 0.6) is 0 Å². The Labute approximate surface area is 137 Å². The molecular weight excluding hydrogens is 288 g/mol. The SMILES string of the molecule is Cc1cc(CN2CCCC2)cc(-c2ccnc(C)c2)c1.O=CO. The molecule has 1 aliphatic heterocycles. The summed E-state index contributed by atoms with van der Waals surface area (Å²) in [6.45, 7) is 7.56. The zero-order valence-corrected chi connectivity index (χ0v) is 13.8. The molecule has 1 aromatic carbocycles. The molecule has 0 amide bonds. The standard InChI is InChI=1S/C18H22N2.CH2O2/c1-14-9-16(13-20-7-3-4-8-20)12-18(10-14)17-5-6-19-15(2)11-17;2-1-3/h5-6,9-12H,3-4,7-8,13H2,1-2H3;1H,(H,2,3). The van der Waals surface area contributed by atoms with Crippen LogP contribution in [-0.4, -0.2) is 34.6 Å². The van der Waals surface area contributed by atoms with E-state index in [-0.39, 0.29) is 6.47 Å². The number of rotatable bonds is 3. The molecule has 1 saturated heterocycles. The highest BCUT2D eigenvalue weighted by Crippen LogP contribution is 2.24. The van der Waals surface area contributed by atoms with Gasteiger partial charge in [0.25, 0.3) is 6.47 Å². The van der Waals surface area contributed by atoms with Gasteiger partial charge in [-0.2, -0.15) is 0 Å². The predicted molar refractivity (Wildman–Crippen MR) is 92.4 cm³/mol. The fourth-order valence-electron chi connectivity index (χ4n) is 3.04. The number of hydrogen-bond acceptors (Lipinski definition) is 3. The first-order valence-corrected chi connectivity index (χ1v) is 7.96. The third-order valence-electron chi connectivity index (χ3n) is 3.97. The van der Waals surface area contributed by atoms with E-state index in [0.717, 1.165) is 12.2 Å². The molecule has 0 aliphatic carbocycles. The topological polar surface area (TPSA) is 53.4 Å². The van der Waals surface area contributed by atoms with Crippen molar-refractivity contribution in [3.8, 4) is 11.1 Å². The molecule has 1 N–H and O–H groups in total. The summed E-state index contributed by atoms with van der Waals surface area (Å²) in [6.07, 6.45) is 4.59. The zero-order valence-electron chi connectivity index (χ0n) is 13.8. The van der Waals surface area contributed by atoms with Crippen molar-refractivity contribution in [2.75, 3.05) is 13.1 Å². The second-order valence-corrected chi connectivity index (χ2v) is 5.98. The number of benzene rings is 1. The van der Waals surface area contributed by atoms with Gasteiger partial charge in [-0.15, -0.1) is 0 Å². The molecule has 0 radical (unpaired) electrons. The molecule has 23 heavy (non-hydrogen) atoms. The maximum Gasteiger partial charge on any atom is 0.290 e. The lowest BCUT2D eigenvalue weighted by Gasteiger charge is -2.16. The second kappa shape index (κ2) is 8.44. The van der Waals surface area contributed by atoms with Crippen molar-refractivity contribution in [1.29, 1.82) is 0 Å². The molecule has 0 unspecified atom stereocenters. The third-order valence-corrected chi connectivity index (χ3v) is 3.97. The number of aryl methyl sites for hydroxylation is 2. The van der Waals surface area contributed by atoms with Gasteiger partial charge >= 0.3 is 0 Å². The minimum Gasteiger partial charge on any atom is -0.483 e. The molecule has 1 aromatic heterocycles. The molecule has 1 aliphatic rings. The molecule has 1 fully saturated rings.